The van der Waals surface area contributed by atoms with Crippen LogP contribution in [-0.2, 0) is 0 Å². The summed E-state index contributed by atoms with van der Waals surface area (Å²) in [6.45, 7) is 4.25. The van der Waals surface area contributed by atoms with E-state index in [1.807, 2.05) is 42.6 Å². The highest BCUT2D eigenvalue weighted by atomic mass is 35.5. The second kappa shape index (κ2) is 8.41. The molecule has 1 N–H and O–H groups in total. The Morgan fingerprint density at radius 2 is 1.78 bits per heavy atom. The Kier molecular flexibility index (Phi) is 5.45. The minimum absolute atomic E-state index is 0.0894. The van der Waals surface area contributed by atoms with E-state index in [-0.39, 0.29) is 12.1 Å². The van der Waals surface area contributed by atoms with Gasteiger partial charge in [0.2, 0.25) is 0 Å². The van der Waals surface area contributed by atoms with Crippen molar-refractivity contribution < 1.29 is 0 Å². The Morgan fingerprint density at radius 3 is 2.53 bits per heavy atom. The molecule has 6 heteroatoms. The number of aryl methyl sites for hydroxylation is 2. The molecule has 3 heterocycles. The van der Waals surface area contributed by atoms with Crippen molar-refractivity contribution in [1.82, 2.24) is 14.9 Å². The fraction of sp³-hybridized carbons (Fsp3) is 0.154. The molecule has 0 radical (unpaired) electrons. The summed E-state index contributed by atoms with van der Waals surface area (Å²) in [4.78, 5) is 6.86. The minimum atomic E-state index is -0.0989. The largest absolute Gasteiger partial charge is 0.351 e. The molecule has 1 aliphatic rings. The lowest BCUT2D eigenvalue weighted by Crippen LogP contribution is -2.30. The lowest BCUT2D eigenvalue weighted by Gasteiger charge is -2.29. The van der Waals surface area contributed by atoms with Crippen molar-refractivity contribution in [2.45, 2.75) is 25.9 Å². The van der Waals surface area contributed by atoms with Crippen LogP contribution in [0, 0.1) is 13.8 Å². The number of thiocarbonyl (C=S) groups is 1. The van der Waals surface area contributed by atoms with Gasteiger partial charge in [0.1, 0.15) is 6.04 Å². The van der Waals surface area contributed by atoms with Crippen molar-refractivity contribution in [3.05, 3.63) is 113 Å². The zero-order valence-corrected chi connectivity index (χ0v) is 19.4. The van der Waals surface area contributed by atoms with Crippen LogP contribution in [0.5, 0.6) is 0 Å². The van der Waals surface area contributed by atoms with Gasteiger partial charge in [-0.05, 0) is 91.8 Å². The summed E-state index contributed by atoms with van der Waals surface area (Å²) in [5.74, 6) is 0. The van der Waals surface area contributed by atoms with Gasteiger partial charge in [-0.1, -0.05) is 29.8 Å². The molecule has 2 aromatic heterocycles. The van der Waals surface area contributed by atoms with E-state index < -0.39 is 0 Å². The summed E-state index contributed by atoms with van der Waals surface area (Å²) in [7, 11) is 0. The van der Waals surface area contributed by atoms with Gasteiger partial charge in [-0.2, -0.15) is 0 Å². The zero-order chi connectivity index (χ0) is 22.2. The van der Waals surface area contributed by atoms with Crippen LogP contribution in [0.3, 0.4) is 0 Å². The summed E-state index contributed by atoms with van der Waals surface area (Å²) < 4.78 is 2.18. The molecule has 0 aliphatic carbocycles. The first kappa shape index (κ1) is 20.7. The first-order chi connectivity index (χ1) is 15.5. The topological polar surface area (TPSA) is 33.1 Å². The summed E-state index contributed by atoms with van der Waals surface area (Å²) in [5, 5.41) is 4.93. The Morgan fingerprint density at radius 1 is 0.906 bits per heavy atom. The van der Waals surface area contributed by atoms with Crippen LogP contribution in [-0.4, -0.2) is 14.7 Å². The average molecular weight is 459 g/mol. The Labute approximate surface area is 198 Å². The van der Waals surface area contributed by atoms with Gasteiger partial charge < -0.3 is 14.8 Å². The molecule has 0 saturated carbocycles. The Hall–Kier alpha value is -3.15. The third kappa shape index (κ3) is 3.68. The van der Waals surface area contributed by atoms with Crippen molar-refractivity contribution in [2.75, 3.05) is 4.90 Å². The number of halogens is 1. The van der Waals surface area contributed by atoms with Gasteiger partial charge in [0.05, 0.1) is 11.7 Å². The quantitative estimate of drug-likeness (QED) is 0.363. The van der Waals surface area contributed by atoms with Crippen LogP contribution in [0.1, 0.15) is 34.6 Å². The molecule has 2 aromatic carbocycles. The highest BCUT2D eigenvalue weighted by Gasteiger charge is 2.42. The summed E-state index contributed by atoms with van der Waals surface area (Å²) in [5.41, 5.74) is 6.61. The van der Waals surface area contributed by atoms with E-state index in [2.05, 4.69) is 76.2 Å². The van der Waals surface area contributed by atoms with E-state index in [4.69, 9.17) is 23.8 Å². The number of anilines is 1. The van der Waals surface area contributed by atoms with Crippen molar-refractivity contribution >= 4 is 34.6 Å². The molecule has 160 valence electrons. The molecule has 1 aliphatic heterocycles. The molecular weight excluding hydrogens is 436 g/mol. The van der Waals surface area contributed by atoms with Gasteiger partial charge in [0.25, 0.3) is 0 Å². The second-order valence-corrected chi connectivity index (χ2v) is 8.87. The van der Waals surface area contributed by atoms with Crippen LogP contribution in [0.4, 0.5) is 5.69 Å². The Bertz CT molecular complexity index is 1280. The first-order valence-electron chi connectivity index (χ1n) is 10.5. The van der Waals surface area contributed by atoms with Crippen LogP contribution in [0.15, 0.2) is 85.2 Å². The number of rotatable bonds is 4. The lowest BCUT2D eigenvalue weighted by atomic mass is 10.00. The third-order valence-corrected chi connectivity index (χ3v) is 6.59. The molecule has 0 amide bonds. The van der Waals surface area contributed by atoms with Gasteiger partial charge in [0.15, 0.2) is 5.11 Å². The minimum Gasteiger partial charge on any atom is -0.351 e. The van der Waals surface area contributed by atoms with Crippen molar-refractivity contribution in [3.8, 4) is 5.69 Å². The molecule has 4 nitrogen and oxygen atoms in total. The highest BCUT2D eigenvalue weighted by Crippen LogP contribution is 2.42. The number of hydrogen-bond donors (Lipinski definition) is 1. The monoisotopic (exact) mass is 458 g/mol. The van der Waals surface area contributed by atoms with E-state index in [0.29, 0.717) is 10.1 Å². The highest BCUT2D eigenvalue weighted by molar-refractivity contribution is 7.80. The number of aromatic nitrogens is 2. The summed E-state index contributed by atoms with van der Waals surface area (Å²) in [6, 6.07) is 24.4. The fourth-order valence-electron chi connectivity index (χ4n) is 4.31. The number of nitrogens with zero attached hydrogens (tertiary/aromatic N) is 3. The van der Waals surface area contributed by atoms with Crippen LogP contribution < -0.4 is 10.2 Å². The molecule has 0 spiro atoms. The van der Waals surface area contributed by atoms with E-state index in [9.17, 15) is 0 Å². The standard InChI is InChI=1S/C26H23ClN4S/c1-17-11-12-21(15-18(17)2)31-25(24(29-26(31)32)22-9-3-4-13-28-22)23-10-6-14-30(23)20-8-5-7-19(27)16-20/h3-16,24-25H,1-2H3,(H,29,32)/t24-,25+/m0/s1. The van der Waals surface area contributed by atoms with Crippen molar-refractivity contribution in [1.29, 1.82) is 0 Å². The Balaban J connectivity index is 1.68. The molecule has 1 fully saturated rings. The van der Waals surface area contributed by atoms with Gasteiger partial charge in [0, 0.05) is 34.5 Å². The van der Waals surface area contributed by atoms with Gasteiger partial charge >= 0.3 is 0 Å². The SMILES string of the molecule is Cc1ccc(N2C(=S)N[C@@H](c3ccccn3)[C@H]2c2cccn2-c2cccc(Cl)c2)cc1C. The molecule has 0 bridgehead atoms. The average Bonchev–Trinajstić information content (AvgIpc) is 3.40. The number of nitrogens with one attached hydrogen (secondary N) is 1. The molecule has 32 heavy (non-hydrogen) atoms. The maximum atomic E-state index is 6.31. The van der Waals surface area contributed by atoms with E-state index in [1.54, 1.807) is 0 Å². The maximum absolute atomic E-state index is 6.31. The zero-order valence-electron chi connectivity index (χ0n) is 17.9. The van der Waals surface area contributed by atoms with Crippen molar-refractivity contribution in [3.63, 3.8) is 0 Å². The predicted octanol–water partition coefficient (Wildman–Crippen LogP) is 6.32. The maximum Gasteiger partial charge on any atom is 0.174 e. The van der Waals surface area contributed by atoms with Crippen LogP contribution >= 0.6 is 23.8 Å². The van der Waals surface area contributed by atoms with Gasteiger partial charge in [-0.25, -0.2) is 0 Å². The smallest absolute Gasteiger partial charge is 0.174 e. The van der Waals surface area contributed by atoms with Crippen LogP contribution in [0.25, 0.3) is 5.69 Å². The van der Waals surface area contributed by atoms with E-state index in [1.165, 1.54) is 11.1 Å². The molecule has 1 saturated heterocycles. The molecule has 4 aromatic rings. The normalized spacial score (nSPS) is 18.1. The van der Waals surface area contributed by atoms with E-state index >= 15 is 0 Å². The summed E-state index contributed by atoms with van der Waals surface area (Å²) in [6.07, 6.45) is 3.89. The van der Waals surface area contributed by atoms with Crippen LogP contribution in [0.2, 0.25) is 5.02 Å². The predicted molar refractivity (Wildman–Crippen MR) is 135 cm³/mol. The van der Waals surface area contributed by atoms with Gasteiger partial charge in [-0.15, -0.1) is 0 Å². The van der Waals surface area contributed by atoms with Gasteiger partial charge in [-0.3, -0.25) is 4.98 Å². The molecular formula is C26H23ClN4S. The number of pyridine rings is 1. The summed E-state index contributed by atoms with van der Waals surface area (Å²) >= 11 is 12.2. The van der Waals surface area contributed by atoms with Crippen molar-refractivity contribution in [2.24, 2.45) is 0 Å². The number of hydrogen-bond acceptors (Lipinski definition) is 2. The third-order valence-electron chi connectivity index (χ3n) is 6.04. The number of benzene rings is 2. The lowest BCUT2D eigenvalue weighted by molar-refractivity contribution is 0.549. The second-order valence-electron chi connectivity index (χ2n) is 8.05. The molecule has 2 atom stereocenters. The molecule has 5 rings (SSSR count). The molecule has 0 unspecified atom stereocenters. The van der Waals surface area contributed by atoms with E-state index in [0.717, 1.165) is 22.8 Å². The fourth-order valence-corrected chi connectivity index (χ4v) is 4.84. The first-order valence-corrected chi connectivity index (χ1v) is 11.3.